The maximum atomic E-state index is 13.2. The van der Waals surface area contributed by atoms with E-state index in [0.29, 0.717) is 46.1 Å². The molecule has 4 rings (SSSR count). The van der Waals surface area contributed by atoms with Crippen LogP contribution in [0.2, 0.25) is 0 Å². The molecular formula is C21H21N5O3. The second-order valence-electron chi connectivity index (χ2n) is 6.69. The lowest BCUT2D eigenvalue weighted by molar-refractivity contribution is 0.102. The smallest absolute Gasteiger partial charge is 0.259 e. The number of amides is 1. The molecule has 1 aromatic carbocycles. The van der Waals surface area contributed by atoms with Crippen molar-refractivity contribution in [3.05, 3.63) is 53.5 Å². The molecular weight excluding hydrogens is 370 g/mol. The number of nitrogens with zero attached hydrogens (tertiary/aromatic N) is 4. The van der Waals surface area contributed by atoms with Crippen LogP contribution in [0, 0.1) is 13.8 Å². The summed E-state index contributed by atoms with van der Waals surface area (Å²) < 4.78 is 12.7. The predicted molar refractivity (Wildman–Crippen MR) is 109 cm³/mol. The molecule has 0 saturated heterocycles. The van der Waals surface area contributed by atoms with E-state index in [1.165, 1.54) is 0 Å². The number of anilines is 1. The van der Waals surface area contributed by atoms with Gasteiger partial charge in [-0.2, -0.15) is 5.10 Å². The number of nitrogens with one attached hydrogen (secondary N) is 1. The average molecular weight is 391 g/mol. The Balaban J connectivity index is 1.81. The number of ether oxygens (including phenoxy) is 1. The van der Waals surface area contributed by atoms with Gasteiger partial charge >= 0.3 is 0 Å². The highest BCUT2D eigenvalue weighted by Crippen LogP contribution is 2.30. The van der Waals surface area contributed by atoms with Crippen LogP contribution < -0.4 is 10.1 Å². The molecule has 3 heterocycles. The van der Waals surface area contributed by atoms with Crippen LogP contribution in [0.4, 0.5) is 5.69 Å². The molecule has 8 nitrogen and oxygen atoms in total. The first-order valence-corrected chi connectivity index (χ1v) is 9.28. The second-order valence-corrected chi connectivity index (χ2v) is 6.69. The summed E-state index contributed by atoms with van der Waals surface area (Å²) in [7, 11) is 1.84. The summed E-state index contributed by atoms with van der Waals surface area (Å²) in [4.78, 5) is 17.8. The first-order chi connectivity index (χ1) is 14.0. The Hall–Kier alpha value is -3.68. The summed E-state index contributed by atoms with van der Waals surface area (Å²) in [6.07, 6.45) is 1.86. The number of pyridine rings is 1. The van der Waals surface area contributed by atoms with Gasteiger partial charge in [-0.1, -0.05) is 17.3 Å². The Morgan fingerprint density at radius 1 is 1.24 bits per heavy atom. The molecule has 8 heteroatoms. The summed E-state index contributed by atoms with van der Waals surface area (Å²) >= 11 is 0. The molecule has 0 atom stereocenters. The molecule has 4 aromatic rings. The summed E-state index contributed by atoms with van der Waals surface area (Å²) in [5.74, 6) is 0.317. The van der Waals surface area contributed by atoms with E-state index in [1.54, 1.807) is 23.7 Å². The SMILES string of the molecule is CCOc1ccccc1NC(=O)c1cc(-c2cn(C)nc2C)nc2onc(C)c12. The van der Waals surface area contributed by atoms with E-state index in [1.807, 2.05) is 45.3 Å². The summed E-state index contributed by atoms with van der Waals surface area (Å²) in [5.41, 5.74) is 4.17. The van der Waals surface area contributed by atoms with Crippen LogP contribution in [-0.2, 0) is 7.05 Å². The van der Waals surface area contributed by atoms with Gasteiger partial charge in [0.25, 0.3) is 11.6 Å². The molecule has 0 radical (unpaired) electrons. The van der Waals surface area contributed by atoms with Gasteiger partial charge in [0.2, 0.25) is 0 Å². The van der Waals surface area contributed by atoms with Gasteiger partial charge in [0, 0.05) is 18.8 Å². The predicted octanol–water partition coefficient (Wildman–Crippen LogP) is 3.89. The molecule has 0 aliphatic heterocycles. The number of rotatable bonds is 5. The number of aromatic nitrogens is 4. The lowest BCUT2D eigenvalue weighted by Gasteiger charge is -2.12. The van der Waals surface area contributed by atoms with Gasteiger partial charge in [-0.15, -0.1) is 0 Å². The van der Waals surface area contributed by atoms with Crippen molar-refractivity contribution in [2.24, 2.45) is 7.05 Å². The number of fused-ring (bicyclic) bond motifs is 1. The molecule has 1 amide bonds. The minimum atomic E-state index is -0.293. The van der Waals surface area contributed by atoms with Crippen LogP contribution in [0.3, 0.4) is 0 Å². The van der Waals surface area contributed by atoms with E-state index in [9.17, 15) is 4.79 Å². The Bertz CT molecular complexity index is 1210. The Morgan fingerprint density at radius 2 is 2.03 bits per heavy atom. The minimum absolute atomic E-state index is 0.293. The lowest BCUT2D eigenvalue weighted by Crippen LogP contribution is -2.14. The first kappa shape index (κ1) is 18.7. The fraction of sp³-hybridized carbons (Fsp3) is 0.238. The molecule has 29 heavy (non-hydrogen) atoms. The molecule has 0 saturated carbocycles. The van der Waals surface area contributed by atoms with Gasteiger partial charge in [-0.3, -0.25) is 9.48 Å². The van der Waals surface area contributed by atoms with Crippen molar-refractivity contribution in [3.63, 3.8) is 0 Å². The maximum absolute atomic E-state index is 13.2. The maximum Gasteiger partial charge on any atom is 0.259 e. The third-order valence-corrected chi connectivity index (χ3v) is 4.59. The topological polar surface area (TPSA) is 95.1 Å². The van der Waals surface area contributed by atoms with Crippen LogP contribution in [0.5, 0.6) is 5.75 Å². The lowest BCUT2D eigenvalue weighted by atomic mass is 10.1. The summed E-state index contributed by atoms with van der Waals surface area (Å²) in [6.45, 7) is 6.08. The van der Waals surface area contributed by atoms with E-state index in [0.717, 1.165) is 11.3 Å². The van der Waals surface area contributed by atoms with Crippen molar-refractivity contribution in [2.45, 2.75) is 20.8 Å². The number of benzene rings is 1. The van der Waals surface area contributed by atoms with Gasteiger partial charge in [-0.25, -0.2) is 4.98 Å². The molecule has 0 fully saturated rings. The quantitative estimate of drug-likeness (QED) is 0.554. The van der Waals surface area contributed by atoms with Crippen LogP contribution >= 0.6 is 0 Å². The summed E-state index contributed by atoms with van der Waals surface area (Å²) in [5, 5.41) is 11.9. The van der Waals surface area contributed by atoms with Crippen molar-refractivity contribution in [2.75, 3.05) is 11.9 Å². The van der Waals surface area contributed by atoms with E-state index in [4.69, 9.17) is 9.26 Å². The third kappa shape index (κ3) is 3.44. The molecule has 1 N–H and O–H groups in total. The number of aryl methyl sites for hydroxylation is 3. The molecule has 0 unspecified atom stereocenters. The zero-order chi connectivity index (χ0) is 20.5. The van der Waals surface area contributed by atoms with Gasteiger partial charge in [0.05, 0.1) is 40.3 Å². The van der Waals surface area contributed by atoms with Gasteiger partial charge in [0.1, 0.15) is 5.75 Å². The van der Waals surface area contributed by atoms with Crippen molar-refractivity contribution in [1.82, 2.24) is 19.9 Å². The van der Waals surface area contributed by atoms with E-state index < -0.39 is 0 Å². The highest BCUT2D eigenvalue weighted by atomic mass is 16.5. The van der Waals surface area contributed by atoms with Crippen LogP contribution in [0.25, 0.3) is 22.4 Å². The Labute approximate surface area is 167 Å². The number of para-hydroxylation sites is 2. The largest absolute Gasteiger partial charge is 0.492 e. The van der Waals surface area contributed by atoms with Crippen molar-refractivity contribution < 1.29 is 14.1 Å². The molecule has 0 spiro atoms. The highest BCUT2D eigenvalue weighted by Gasteiger charge is 2.21. The monoisotopic (exact) mass is 391 g/mol. The number of hydrogen-bond donors (Lipinski definition) is 1. The van der Waals surface area contributed by atoms with E-state index >= 15 is 0 Å². The number of carbonyl (C=O) groups excluding carboxylic acids is 1. The fourth-order valence-electron chi connectivity index (χ4n) is 3.30. The van der Waals surface area contributed by atoms with E-state index in [-0.39, 0.29) is 5.91 Å². The van der Waals surface area contributed by atoms with Crippen LogP contribution in [0.1, 0.15) is 28.7 Å². The standard InChI is InChI=1S/C21H21N5O3/c1-5-28-18-9-7-6-8-16(18)22-20(27)14-10-17(15-11-26(4)24-12(15)2)23-21-19(14)13(3)25-29-21/h6-11H,5H2,1-4H3,(H,22,27). The zero-order valence-corrected chi connectivity index (χ0v) is 16.7. The molecule has 0 aliphatic rings. The third-order valence-electron chi connectivity index (χ3n) is 4.59. The number of hydrogen-bond acceptors (Lipinski definition) is 6. The molecule has 0 bridgehead atoms. The van der Waals surface area contributed by atoms with Crippen molar-refractivity contribution >= 4 is 22.7 Å². The Morgan fingerprint density at radius 3 is 2.76 bits per heavy atom. The fourth-order valence-corrected chi connectivity index (χ4v) is 3.30. The first-order valence-electron chi connectivity index (χ1n) is 9.28. The second kappa shape index (κ2) is 7.38. The highest BCUT2D eigenvalue weighted by molar-refractivity contribution is 6.13. The van der Waals surface area contributed by atoms with Gasteiger partial charge in [0.15, 0.2) is 0 Å². The molecule has 3 aromatic heterocycles. The molecule has 148 valence electrons. The minimum Gasteiger partial charge on any atom is -0.492 e. The van der Waals surface area contributed by atoms with Crippen LogP contribution in [-0.4, -0.2) is 32.4 Å². The van der Waals surface area contributed by atoms with Crippen molar-refractivity contribution in [1.29, 1.82) is 0 Å². The Kier molecular flexibility index (Phi) is 4.75. The molecule has 0 aliphatic carbocycles. The van der Waals surface area contributed by atoms with Gasteiger partial charge < -0.3 is 14.6 Å². The number of carbonyl (C=O) groups is 1. The van der Waals surface area contributed by atoms with Crippen LogP contribution in [0.15, 0.2) is 41.1 Å². The summed E-state index contributed by atoms with van der Waals surface area (Å²) in [6, 6.07) is 9.06. The van der Waals surface area contributed by atoms with Crippen molar-refractivity contribution in [3.8, 4) is 17.0 Å². The zero-order valence-electron chi connectivity index (χ0n) is 16.7. The normalized spacial score (nSPS) is 11.0. The average Bonchev–Trinajstić information content (AvgIpc) is 3.24. The van der Waals surface area contributed by atoms with Gasteiger partial charge in [-0.05, 0) is 39.0 Å². The van der Waals surface area contributed by atoms with E-state index in [2.05, 4.69) is 20.6 Å².